The highest BCUT2D eigenvalue weighted by molar-refractivity contribution is 5.87. The Bertz CT molecular complexity index is 663. The number of hydrogen-bond donors (Lipinski definition) is 1. The van der Waals surface area contributed by atoms with Crippen LogP contribution in [-0.4, -0.2) is 36.2 Å². The van der Waals surface area contributed by atoms with E-state index in [0.29, 0.717) is 32.5 Å². The molecule has 240 valence electrons. The largest absolute Gasteiger partial charge is 0.481 e. The van der Waals surface area contributed by atoms with E-state index in [1.54, 1.807) is 0 Å². The Morgan fingerprint density at radius 3 is 1.24 bits per heavy atom. The Hall–Kier alpha value is -1.59. The maximum Gasteiger partial charge on any atom is 0.310 e. The van der Waals surface area contributed by atoms with E-state index in [2.05, 4.69) is 13.8 Å². The fourth-order valence-corrected chi connectivity index (χ4v) is 6.15. The van der Waals surface area contributed by atoms with Crippen molar-refractivity contribution in [3.63, 3.8) is 0 Å². The minimum atomic E-state index is -1.02. The van der Waals surface area contributed by atoms with E-state index < -0.39 is 35.7 Å². The molecule has 0 saturated heterocycles. The number of carboxylic acid groups (broad SMARTS) is 1. The molecule has 0 aromatic rings. The van der Waals surface area contributed by atoms with Gasteiger partial charge in [-0.1, -0.05) is 149 Å². The molecule has 41 heavy (non-hydrogen) atoms. The Labute approximate surface area is 252 Å². The smallest absolute Gasteiger partial charge is 0.310 e. The zero-order valence-corrected chi connectivity index (χ0v) is 26.8. The molecule has 1 N–H and O–H groups in total. The van der Waals surface area contributed by atoms with Gasteiger partial charge in [-0.15, -0.1) is 0 Å². The first-order valence-electron chi connectivity index (χ1n) is 17.6. The monoisotopic (exact) mass is 580 g/mol. The molecule has 0 aromatic carbocycles. The summed E-state index contributed by atoms with van der Waals surface area (Å²) >= 11 is 0. The Balaban J connectivity index is 2.26. The number of rotatable bonds is 27. The van der Waals surface area contributed by atoms with Gasteiger partial charge in [-0.3, -0.25) is 14.4 Å². The summed E-state index contributed by atoms with van der Waals surface area (Å²) in [7, 11) is 0. The molecule has 1 fully saturated rings. The van der Waals surface area contributed by atoms with Gasteiger partial charge in [0.05, 0.1) is 31.0 Å². The highest BCUT2D eigenvalue weighted by Crippen LogP contribution is 2.37. The maximum atomic E-state index is 13.0. The van der Waals surface area contributed by atoms with E-state index in [0.717, 1.165) is 38.5 Å². The zero-order chi connectivity index (χ0) is 30.0. The van der Waals surface area contributed by atoms with Crippen LogP contribution in [0.1, 0.15) is 174 Å². The van der Waals surface area contributed by atoms with Gasteiger partial charge >= 0.3 is 17.9 Å². The molecule has 3 unspecified atom stereocenters. The highest BCUT2D eigenvalue weighted by Gasteiger charge is 2.46. The van der Waals surface area contributed by atoms with Crippen molar-refractivity contribution in [1.29, 1.82) is 0 Å². The van der Waals surface area contributed by atoms with Crippen LogP contribution in [0.3, 0.4) is 0 Å². The van der Waals surface area contributed by atoms with Gasteiger partial charge in [0.1, 0.15) is 0 Å². The molecule has 0 heterocycles. The lowest BCUT2D eigenvalue weighted by atomic mass is 9.72. The van der Waals surface area contributed by atoms with E-state index in [4.69, 9.17) is 9.47 Å². The molecule has 6 heteroatoms. The molecular weight excluding hydrogens is 516 g/mol. The van der Waals surface area contributed by atoms with Gasteiger partial charge in [0.2, 0.25) is 0 Å². The molecule has 6 nitrogen and oxygen atoms in total. The van der Waals surface area contributed by atoms with E-state index in [-0.39, 0.29) is 0 Å². The molecule has 1 rings (SSSR count). The number of esters is 2. The van der Waals surface area contributed by atoms with Crippen LogP contribution in [0.5, 0.6) is 0 Å². The van der Waals surface area contributed by atoms with Crippen molar-refractivity contribution >= 4 is 17.9 Å². The predicted octanol–water partition coefficient (Wildman–Crippen LogP) is 9.81. The van der Waals surface area contributed by atoms with Crippen LogP contribution in [-0.2, 0) is 23.9 Å². The van der Waals surface area contributed by atoms with Gasteiger partial charge in [0.25, 0.3) is 0 Å². The van der Waals surface area contributed by atoms with Crippen molar-refractivity contribution in [1.82, 2.24) is 0 Å². The molecule has 0 bridgehead atoms. The Kier molecular flexibility index (Phi) is 23.8. The molecule has 0 spiro atoms. The van der Waals surface area contributed by atoms with Crippen molar-refractivity contribution in [3.8, 4) is 0 Å². The zero-order valence-electron chi connectivity index (χ0n) is 26.8. The lowest BCUT2D eigenvalue weighted by Crippen LogP contribution is -2.43. The average molecular weight is 581 g/mol. The number of carbonyl (C=O) groups is 3. The van der Waals surface area contributed by atoms with Gasteiger partial charge in [-0.2, -0.15) is 0 Å². The minimum absolute atomic E-state index is 0.291. The van der Waals surface area contributed by atoms with Crippen molar-refractivity contribution in [2.24, 2.45) is 17.8 Å². The van der Waals surface area contributed by atoms with Gasteiger partial charge in [-0.05, 0) is 25.7 Å². The lowest BCUT2D eigenvalue weighted by molar-refractivity contribution is -0.170. The second kappa shape index (κ2) is 26.1. The number of hydrogen-bond acceptors (Lipinski definition) is 5. The van der Waals surface area contributed by atoms with Crippen LogP contribution in [0.15, 0.2) is 0 Å². The van der Waals surface area contributed by atoms with E-state index in [1.807, 2.05) is 0 Å². The number of aliphatic carboxylic acids is 1. The van der Waals surface area contributed by atoms with Crippen LogP contribution in [0.2, 0.25) is 0 Å². The van der Waals surface area contributed by atoms with E-state index in [1.165, 1.54) is 103 Å². The fourth-order valence-electron chi connectivity index (χ4n) is 6.15. The van der Waals surface area contributed by atoms with Crippen LogP contribution < -0.4 is 0 Å². The Morgan fingerprint density at radius 1 is 0.512 bits per heavy atom. The minimum Gasteiger partial charge on any atom is -0.481 e. The van der Waals surface area contributed by atoms with Crippen LogP contribution >= 0.6 is 0 Å². The molecule has 0 aromatic heterocycles. The number of carbonyl (C=O) groups excluding carboxylic acids is 2. The van der Waals surface area contributed by atoms with Crippen molar-refractivity contribution in [3.05, 3.63) is 0 Å². The summed E-state index contributed by atoms with van der Waals surface area (Å²) in [6.45, 7) is 5.11. The molecular formula is C35H64O6. The first kappa shape index (κ1) is 37.4. The second-order valence-electron chi connectivity index (χ2n) is 12.4. The van der Waals surface area contributed by atoms with Crippen molar-refractivity contribution in [2.75, 3.05) is 13.2 Å². The third-order valence-corrected chi connectivity index (χ3v) is 8.77. The van der Waals surface area contributed by atoms with E-state index in [9.17, 15) is 19.5 Å². The lowest BCUT2D eigenvalue weighted by Gasteiger charge is -2.33. The Morgan fingerprint density at radius 2 is 0.854 bits per heavy atom. The van der Waals surface area contributed by atoms with Crippen molar-refractivity contribution in [2.45, 2.75) is 174 Å². The standard InChI is InChI=1S/C35H64O6/c1-3-5-7-9-11-13-15-17-19-21-23-28-40-34(38)31-27-25-26-30(33(36)37)32(31)35(39)41-29-24-22-20-18-16-14-12-10-8-6-4-2/h30-32H,3-29H2,1-2H3,(H,36,37). The van der Waals surface area contributed by atoms with E-state index >= 15 is 0 Å². The first-order valence-corrected chi connectivity index (χ1v) is 17.6. The first-order chi connectivity index (χ1) is 20.0. The molecule has 1 saturated carbocycles. The highest BCUT2D eigenvalue weighted by atomic mass is 16.5. The molecule has 1 aliphatic rings. The fraction of sp³-hybridized carbons (Fsp3) is 0.914. The number of unbranched alkanes of at least 4 members (excludes halogenated alkanes) is 20. The summed E-state index contributed by atoms with van der Waals surface area (Å²) in [6, 6.07) is 0. The molecule has 0 aliphatic heterocycles. The van der Waals surface area contributed by atoms with Crippen LogP contribution in [0, 0.1) is 17.8 Å². The second-order valence-corrected chi connectivity index (χ2v) is 12.4. The third-order valence-electron chi connectivity index (χ3n) is 8.77. The summed E-state index contributed by atoms with van der Waals surface area (Å²) in [5, 5.41) is 9.76. The van der Waals surface area contributed by atoms with Gasteiger partial charge in [-0.25, -0.2) is 0 Å². The average Bonchev–Trinajstić information content (AvgIpc) is 2.97. The summed E-state index contributed by atoms with van der Waals surface area (Å²) in [5.41, 5.74) is 0. The topological polar surface area (TPSA) is 89.9 Å². The molecule has 3 atom stereocenters. The summed E-state index contributed by atoms with van der Waals surface area (Å²) in [4.78, 5) is 37.8. The third kappa shape index (κ3) is 18.5. The number of carboxylic acids is 1. The van der Waals surface area contributed by atoms with Gasteiger partial charge in [0, 0.05) is 0 Å². The molecule has 1 aliphatic carbocycles. The number of ether oxygens (including phenoxy) is 2. The summed E-state index contributed by atoms with van der Waals surface area (Å²) in [5.74, 6) is -4.54. The normalized spacial score (nSPS) is 18.7. The van der Waals surface area contributed by atoms with Gasteiger partial charge < -0.3 is 14.6 Å². The summed E-state index contributed by atoms with van der Waals surface area (Å²) < 4.78 is 11.1. The van der Waals surface area contributed by atoms with Gasteiger partial charge in [0.15, 0.2) is 0 Å². The quantitative estimate of drug-likeness (QED) is 0.0768. The molecule has 0 amide bonds. The molecule has 0 radical (unpaired) electrons. The predicted molar refractivity (Wildman–Crippen MR) is 167 cm³/mol. The summed E-state index contributed by atoms with van der Waals surface area (Å²) in [6.07, 6.45) is 28.3. The van der Waals surface area contributed by atoms with Crippen molar-refractivity contribution < 1.29 is 29.0 Å². The maximum absolute atomic E-state index is 13.0. The SMILES string of the molecule is CCCCCCCCCCCCCOC(=O)C1CCCC(C(=O)O)C1C(=O)OCCCCCCCCCCCCC. The van der Waals surface area contributed by atoms with Crippen LogP contribution in [0.25, 0.3) is 0 Å². The van der Waals surface area contributed by atoms with Crippen LogP contribution in [0.4, 0.5) is 0 Å².